The fourth-order valence-electron chi connectivity index (χ4n) is 3.04. The fraction of sp³-hybridized carbons (Fsp3) is 0.389. The lowest BCUT2D eigenvalue weighted by molar-refractivity contribution is 0.0951. The molecule has 1 N–H and O–H groups in total. The molecule has 1 fully saturated rings. The van der Waals surface area contributed by atoms with E-state index < -0.39 is 10.0 Å². The Labute approximate surface area is 151 Å². The molecule has 1 amide bonds. The Morgan fingerprint density at radius 1 is 1.28 bits per heavy atom. The third-order valence-corrected chi connectivity index (χ3v) is 7.62. The molecule has 0 radical (unpaired) electrons. The first kappa shape index (κ1) is 16.8. The topological polar surface area (TPSA) is 66.5 Å². The second-order valence-electron chi connectivity index (χ2n) is 6.64. The molecule has 2 aromatic rings. The highest BCUT2D eigenvalue weighted by atomic mass is 32.2. The van der Waals surface area contributed by atoms with Crippen LogP contribution in [-0.4, -0.2) is 31.7 Å². The van der Waals surface area contributed by atoms with Crippen LogP contribution in [0.3, 0.4) is 0 Å². The lowest BCUT2D eigenvalue weighted by Gasteiger charge is -2.26. The number of rotatable bonds is 5. The summed E-state index contributed by atoms with van der Waals surface area (Å²) in [7, 11) is -3.60. The number of hydrogen-bond donors (Lipinski definition) is 1. The summed E-state index contributed by atoms with van der Waals surface area (Å²) in [5.74, 6) is 0.381. The summed E-state index contributed by atoms with van der Waals surface area (Å²) in [6.07, 6.45) is 3.07. The average Bonchev–Trinajstić information content (AvgIpc) is 3.34. The van der Waals surface area contributed by atoms with Crippen LogP contribution < -0.4 is 5.32 Å². The predicted molar refractivity (Wildman–Crippen MR) is 97.1 cm³/mol. The van der Waals surface area contributed by atoms with Gasteiger partial charge in [-0.2, -0.15) is 4.31 Å². The molecule has 2 aliphatic rings. The Balaban J connectivity index is 1.54. The van der Waals surface area contributed by atoms with E-state index in [0.717, 1.165) is 24.8 Å². The summed E-state index contributed by atoms with van der Waals surface area (Å²) >= 11 is 1.68. The average molecular weight is 377 g/mol. The van der Waals surface area contributed by atoms with Gasteiger partial charge in [0.05, 0.1) is 4.90 Å². The van der Waals surface area contributed by atoms with E-state index in [1.165, 1.54) is 15.2 Å². The summed E-state index contributed by atoms with van der Waals surface area (Å²) in [4.78, 5) is 13.7. The van der Waals surface area contributed by atoms with Crippen LogP contribution in [0.15, 0.2) is 40.6 Å². The van der Waals surface area contributed by atoms with Gasteiger partial charge in [-0.05, 0) is 60.4 Å². The van der Waals surface area contributed by atoms with Crippen LogP contribution in [0.2, 0.25) is 0 Å². The normalized spacial score (nSPS) is 17.9. The minimum atomic E-state index is -3.60. The van der Waals surface area contributed by atoms with Gasteiger partial charge in [-0.25, -0.2) is 8.42 Å². The molecule has 1 aromatic heterocycles. The Hall–Kier alpha value is -1.70. The van der Waals surface area contributed by atoms with Gasteiger partial charge < -0.3 is 5.32 Å². The van der Waals surface area contributed by atoms with Crippen molar-refractivity contribution in [1.29, 1.82) is 0 Å². The molecule has 5 nitrogen and oxygen atoms in total. The molecule has 1 aromatic carbocycles. The Kier molecular flexibility index (Phi) is 4.39. The molecule has 0 saturated heterocycles. The maximum Gasteiger partial charge on any atom is 0.251 e. The summed E-state index contributed by atoms with van der Waals surface area (Å²) < 4.78 is 27.4. The van der Waals surface area contributed by atoms with Crippen molar-refractivity contribution in [2.75, 3.05) is 13.1 Å². The quantitative estimate of drug-likeness (QED) is 0.872. The second kappa shape index (κ2) is 6.55. The molecule has 0 spiro atoms. The van der Waals surface area contributed by atoms with Crippen LogP contribution in [-0.2, 0) is 23.0 Å². The number of carbonyl (C=O) groups is 1. The summed E-state index contributed by atoms with van der Waals surface area (Å²) in [6.45, 7) is 1.55. The molecule has 132 valence electrons. The van der Waals surface area contributed by atoms with E-state index in [1.54, 1.807) is 29.5 Å². The van der Waals surface area contributed by atoms with Gasteiger partial charge in [-0.1, -0.05) is 6.07 Å². The monoisotopic (exact) mass is 376 g/mol. The lowest BCUT2D eigenvalue weighted by Crippen LogP contribution is -2.35. The van der Waals surface area contributed by atoms with Gasteiger partial charge in [-0.15, -0.1) is 11.3 Å². The Bertz CT molecular complexity index is 901. The number of nitrogens with zero attached hydrogens (tertiary/aromatic N) is 1. The molecular formula is C18H20N2O3S2. The molecule has 7 heteroatoms. The number of amides is 1. The lowest BCUT2D eigenvalue weighted by atomic mass is 10.1. The van der Waals surface area contributed by atoms with Gasteiger partial charge in [-0.3, -0.25) is 4.79 Å². The predicted octanol–water partition coefficient (Wildman–Crippen LogP) is 2.63. The zero-order valence-electron chi connectivity index (χ0n) is 13.8. The third-order valence-electron chi connectivity index (χ3n) is 4.75. The number of hydrogen-bond acceptors (Lipinski definition) is 4. The SMILES string of the molecule is O=C(NCC1CC1)c1cccc(S(=O)(=O)N2CCc3sccc3C2)c1. The second-order valence-corrected chi connectivity index (χ2v) is 9.58. The smallest absolute Gasteiger partial charge is 0.251 e. The van der Waals surface area contributed by atoms with E-state index in [-0.39, 0.29) is 10.8 Å². The third kappa shape index (κ3) is 3.49. The van der Waals surface area contributed by atoms with Crippen LogP contribution in [0, 0.1) is 5.92 Å². The summed E-state index contributed by atoms with van der Waals surface area (Å²) in [5, 5.41) is 4.89. The number of nitrogens with one attached hydrogen (secondary N) is 1. The highest BCUT2D eigenvalue weighted by Gasteiger charge is 2.29. The molecular weight excluding hydrogens is 356 g/mol. The summed E-state index contributed by atoms with van der Waals surface area (Å²) in [5.41, 5.74) is 1.48. The van der Waals surface area contributed by atoms with Crippen LogP contribution in [0.4, 0.5) is 0 Å². The molecule has 2 heterocycles. The van der Waals surface area contributed by atoms with Crippen molar-refractivity contribution in [3.8, 4) is 0 Å². The minimum absolute atomic E-state index is 0.185. The van der Waals surface area contributed by atoms with Crippen molar-refractivity contribution in [3.63, 3.8) is 0 Å². The molecule has 4 rings (SSSR count). The van der Waals surface area contributed by atoms with Crippen LogP contribution in [0.25, 0.3) is 0 Å². The van der Waals surface area contributed by atoms with E-state index in [2.05, 4.69) is 5.32 Å². The van der Waals surface area contributed by atoms with E-state index >= 15 is 0 Å². The van der Waals surface area contributed by atoms with Gasteiger partial charge in [0.1, 0.15) is 0 Å². The molecule has 0 bridgehead atoms. The first-order valence-electron chi connectivity index (χ1n) is 8.48. The molecule has 1 aliphatic heterocycles. The first-order valence-corrected chi connectivity index (χ1v) is 10.8. The Morgan fingerprint density at radius 2 is 2.12 bits per heavy atom. The van der Waals surface area contributed by atoms with Gasteiger partial charge >= 0.3 is 0 Å². The number of carbonyl (C=O) groups excluding carboxylic acids is 1. The first-order chi connectivity index (χ1) is 12.0. The van der Waals surface area contributed by atoms with Gasteiger partial charge in [0.15, 0.2) is 0 Å². The van der Waals surface area contributed by atoms with Crippen LogP contribution in [0.1, 0.15) is 33.6 Å². The van der Waals surface area contributed by atoms with Crippen molar-refractivity contribution in [2.24, 2.45) is 5.92 Å². The highest BCUT2D eigenvalue weighted by Crippen LogP contribution is 2.29. The Morgan fingerprint density at radius 3 is 2.92 bits per heavy atom. The summed E-state index contributed by atoms with van der Waals surface area (Å²) in [6, 6.07) is 8.34. The largest absolute Gasteiger partial charge is 0.352 e. The zero-order chi connectivity index (χ0) is 17.4. The van der Waals surface area contributed by atoms with E-state index in [4.69, 9.17) is 0 Å². The van der Waals surface area contributed by atoms with Gasteiger partial charge in [0.25, 0.3) is 5.91 Å². The molecule has 25 heavy (non-hydrogen) atoms. The maximum atomic E-state index is 13.0. The molecule has 0 unspecified atom stereocenters. The van der Waals surface area contributed by atoms with Crippen LogP contribution in [0.5, 0.6) is 0 Å². The van der Waals surface area contributed by atoms with Crippen molar-refractivity contribution >= 4 is 27.3 Å². The van der Waals surface area contributed by atoms with Crippen molar-refractivity contribution in [1.82, 2.24) is 9.62 Å². The van der Waals surface area contributed by atoms with Crippen LogP contribution >= 0.6 is 11.3 Å². The number of fused-ring (bicyclic) bond motifs is 1. The van der Waals surface area contributed by atoms with Crippen molar-refractivity contribution in [2.45, 2.75) is 30.7 Å². The highest BCUT2D eigenvalue weighted by molar-refractivity contribution is 7.89. The number of sulfonamides is 1. The minimum Gasteiger partial charge on any atom is -0.352 e. The van der Waals surface area contributed by atoms with Crippen molar-refractivity contribution in [3.05, 3.63) is 51.7 Å². The standard InChI is InChI=1S/C18H20N2O3S2/c21-18(19-11-13-4-5-13)14-2-1-3-16(10-14)25(22,23)20-8-6-17-15(12-20)7-9-24-17/h1-3,7,9-10,13H,4-6,8,11-12H2,(H,19,21). The molecule has 1 saturated carbocycles. The van der Waals surface area contributed by atoms with Gasteiger partial charge in [0, 0.05) is 30.1 Å². The van der Waals surface area contributed by atoms with E-state index in [9.17, 15) is 13.2 Å². The fourth-order valence-corrected chi connectivity index (χ4v) is 5.39. The molecule has 1 aliphatic carbocycles. The van der Waals surface area contributed by atoms with E-state index in [1.807, 2.05) is 11.4 Å². The number of benzene rings is 1. The zero-order valence-corrected chi connectivity index (χ0v) is 15.4. The van der Waals surface area contributed by atoms with Crippen molar-refractivity contribution < 1.29 is 13.2 Å². The molecule has 0 atom stereocenters. The van der Waals surface area contributed by atoms with E-state index in [0.29, 0.717) is 31.1 Å². The number of thiophene rings is 1. The maximum absolute atomic E-state index is 13.0. The van der Waals surface area contributed by atoms with Gasteiger partial charge in [0.2, 0.25) is 10.0 Å².